The molecule has 0 aromatic rings. The maximum atomic E-state index is 13.0. The number of aliphatic carboxylic acids is 2. The predicted octanol–water partition coefficient (Wildman–Crippen LogP) is 2.54. The highest BCUT2D eigenvalue weighted by molar-refractivity contribution is 5.86. The molecule has 4 aliphatic carbocycles. The van der Waals surface area contributed by atoms with E-state index < -0.39 is 69.9 Å². The number of carboxylic acid groups (broad SMARTS) is 2. The van der Waals surface area contributed by atoms with Gasteiger partial charge in [-0.1, -0.05) is 32.9 Å². The molecule has 7 rings (SSSR count). The maximum Gasteiger partial charge on any atom is 0.330 e. The minimum absolute atomic E-state index is 0.0284. The number of carbonyl (C=O) groups is 2. The van der Waals surface area contributed by atoms with Gasteiger partial charge < -0.3 is 40.5 Å². The van der Waals surface area contributed by atoms with Gasteiger partial charge in [-0.2, -0.15) is 0 Å². The summed E-state index contributed by atoms with van der Waals surface area (Å²) in [6.07, 6.45) is 3.78. The van der Waals surface area contributed by atoms with E-state index >= 15 is 0 Å². The maximum absolute atomic E-state index is 13.0. The van der Waals surface area contributed by atoms with Crippen LogP contribution in [0.2, 0.25) is 0 Å². The number of hydrogen-bond donors (Lipinski definition) is 7. The van der Waals surface area contributed by atoms with Crippen LogP contribution in [0.15, 0.2) is 23.3 Å². The number of fused-ring (bicyclic) bond motifs is 5. The lowest BCUT2D eigenvalue weighted by Crippen LogP contribution is -2.70. The molecule has 0 amide bonds. The van der Waals surface area contributed by atoms with E-state index in [0.29, 0.717) is 18.8 Å². The van der Waals surface area contributed by atoms with Crippen LogP contribution >= 0.6 is 0 Å². The Morgan fingerprint density at radius 2 is 1.54 bits per heavy atom. The SMILES string of the molecule is CC(=CC[C@]1(O)CC[C@@]2(C)C3C[C@@H](O)[C@H]4C5[C@@H](CC42O[C@@]31O)[C@@H]1CN2C[C@@H](C)CC[C@H]2[C@H](C)[C@H]1[C@@H](O)[C@@]5(O)CC=C(C)C(=O)O)C(=O)O. The first-order valence-electron chi connectivity index (χ1n) is 18.1. The molecule has 48 heavy (non-hydrogen) atoms. The number of hydrogen-bond acceptors (Lipinski definition) is 9. The highest BCUT2D eigenvalue weighted by Gasteiger charge is 2.85. The van der Waals surface area contributed by atoms with Crippen LogP contribution in [-0.4, -0.2) is 107 Å². The van der Waals surface area contributed by atoms with Crippen LogP contribution in [0, 0.1) is 52.8 Å². The monoisotopic (exact) mass is 673 g/mol. The molecule has 7 N–H and O–H groups in total. The van der Waals surface area contributed by atoms with Crippen molar-refractivity contribution in [2.75, 3.05) is 13.1 Å². The van der Waals surface area contributed by atoms with E-state index in [1.165, 1.54) is 26.0 Å². The Kier molecular flexibility index (Phi) is 7.97. The first-order valence-corrected chi connectivity index (χ1v) is 18.1. The zero-order valence-corrected chi connectivity index (χ0v) is 28.9. The third-order valence-corrected chi connectivity index (χ3v) is 15.4. The first kappa shape index (κ1) is 34.6. The molecular formula is C37H55NO10. The molecule has 11 heteroatoms. The second-order valence-electron chi connectivity index (χ2n) is 17.4. The Morgan fingerprint density at radius 1 is 0.896 bits per heavy atom. The molecule has 16 atom stereocenters. The van der Waals surface area contributed by atoms with E-state index in [0.717, 1.165) is 25.9 Å². The van der Waals surface area contributed by atoms with Crippen molar-refractivity contribution in [3.8, 4) is 0 Å². The fourth-order valence-electron chi connectivity index (χ4n) is 12.9. The zero-order valence-electron chi connectivity index (χ0n) is 28.9. The summed E-state index contributed by atoms with van der Waals surface area (Å²) in [6.45, 7) is 11.1. The molecule has 3 aliphatic heterocycles. The van der Waals surface area contributed by atoms with Gasteiger partial charge in [0.2, 0.25) is 0 Å². The fourth-order valence-corrected chi connectivity index (χ4v) is 12.9. The molecule has 4 bridgehead atoms. The Morgan fingerprint density at radius 3 is 2.19 bits per heavy atom. The molecule has 0 aromatic heterocycles. The van der Waals surface area contributed by atoms with Gasteiger partial charge >= 0.3 is 11.9 Å². The van der Waals surface area contributed by atoms with Crippen molar-refractivity contribution in [2.24, 2.45) is 52.8 Å². The molecule has 3 unspecified atom stereocenters. The number of nitrogens with zero attached hydrogens (tertiary/aromatic N) is 1. The molecule has 3 saturated heterocycles. The van der Waals surface area contributed by atoms with Crippen molar-refractivity contribution in [3.63, 3.8) is 0 Å². The van der Waals surface area contributed by atoms with E-state index in [9.17, 15) is 45.3 Å². The van der Waals surface area contributed by atoms with Crippen LogP contribution in [-0.2, 0) is 14.3 Å². The summed E-state index contributed by atoms with van der Waals surface area (Å²) in [5.41, 5.74) is -5.26. The van der Waals surface area contributed by atoms with E-state index in [2.05, 4.69) is 25.7 Å². The Hall–Kier alpha value is -1.86. The average molecular weight is 674 g/mol. The molecular weight excluding hydrogens is 618 g/mol. The number of aliphatic hydroxyl groups excluding tert-OH is 2. The number of ether oxygens (including phenoxy) is 1. The van der Waals surface area contributed by atoms with Gasteiger partial charge in [0, 0.05) is 59.9 Å². The van der Waals surface area contributed by atoms with Crippen LogP contribution in [0.5, 0.6) is 0 Å². The summed E-state index contributed by atoms with van der Waals surface area (Å²) in [5, 5.41) is 81.4. The van der Waals surface area contributed by atoms with E-state index in [4.69, 9.17) is 4.74 Å². The third kappa shape index (κ3) is 4.37. The third-order valence-electron chi connectivity index (χ3n) is 15.4. The zero-order chi connectivity index (χ0) is 34.9. The first-order chi connectivity index (χ1) is 22.3. The average Bonchev–Trinajstić information content (AvgIpc) is 3.41. The summed E-state index contributed by atoms with van der Waals surface area (Å²) in [7, 11) is 0. The summed E-state index contributed by atoms with van der Waals surface area (Å²) in [5.74, 6) is -6.15. The second-order valence-corrected chi connectivity index (χ2v) is 17.4. The van der Waals surface area contributed by atoms with Gasteiger partial charge in [-0.3, -0.25) is 4.90 Å². The topological polar surface area (TPSA) is 188 Å². The summed E-state index contributed by atoms with van der Waals surface area (Å²) >= 11 is 0. The molecule has 0 radical (unpaired) electrons. The van der Waals surface area contributed by atoms with Crippen LogP contribution in [0.4, 0.5) is 0 Å². The highest BCUT2D eigenvalue weighted by Crippen LogP contribution is 2.78. The molecule has 268 valence electrons. The van der Waals surface area contributed by atoms with E-state index in [1.807, 2.05) is 0 Å². The van der Waals surface area contributed by atoms with Gasteiger partial charge in [0.1, 0.15) is 5.60 Å². The van der Waals surface area contributed by atoms with Crippen LogP contribution in [0.1, 0.15) is 86.0 Å². The van der Waals surface area contributed by atoms with E-state index in [1.54, 1.807) is 0 Å². The molecule has 11 nitrogen and oxygen atoms in total. The number of carboxylic acids is 2. The lowest BCUT2D eigenvalue weighted by atomic mass is 9.47. The molecule has 0 aromatic carbocycles. The molecule has 3 heterocycles. The smallest absolute Gasteiger partial charge is 0.330 e. The Labute approximate surface area is 282 Å². The van der Waals surface area contributed by atoms with Crippen molar-refractivity contribution in [3.05, 3.63) is 23.3 Å². The van der Waals surface area contributed by atoms with Crippen molar-refractivity contribution < 1.29 is 50.1 Å². The fraction of sp³-hybridized carbons (Fsp3) is 0.838. The number of rotatable bonds is 6. The standard InChI is InChI=1S/C37H55NO10/c1-18-6-7-24-21(4)27-23(17-38(24)16-18)22-15-36-29(28(22)35(46,30(27)40)11-9-20(3)32(43)44)25(39)14-26-33(36,5)12-13-34(45,37(26,47)48-36)10-8-19(2)31(41)42/h8-9,18,21-30,39-40,45-47H,6-7,10-17H2,1-5H3,(H,41,42)(H,43,44)/t18-,21-,22-,23-,24-,25+,26?,27+,28?,29-,30+,33-,34-,35+,36?,37-/m0/s1. The molecule has 7 aliphatic rings. The van der Waals surface area contributed by atoms with Crippen molar-refractivity contribution in [2.45, 2.75) is 127 Å². The van der Waals surface area contributed by atoms with E-state index in [-0.39, 0.29) is 66.5 Å². The number of piperidine rings is 2. The minimum atomic E-state index is -2.07. The van der Waals surface area contributed by atoms with Gasteiger partial charge in [-0.25, -0.2) is 9.59 Å². The van der Waals surface area contributed by atoms with Crippen LogP contribution < -0.4 is 0 Å². The number of aliphatic hydroxyl groups is 5. The minimum Gasteiger partial charge on any atom is -0.478 e. The van der Waals surface area contributed by atoms with Crippen molar-refractivity contribution in [1.29, 1.82) is 0 Å². The van der Waals surface area contributed by atoms with Crippen LogP contribution in [0.25, 0.3) is 0 Å². The van der Waals surface area contributed by atoms with Crippen molar-refractivity contribution in [1.82, 2.24) is 4.90 Å². The summed E-state index contributed by atoms with van der Waals surface area (Å²) in [6, 6.07) is 0.267. The second kappa shape index (κ2) is 11.1. The predicted molar refractivity (Wildman–Crippen MR) is 173 cm³/mol. The molecule has 4 saturated carbocycles. The lowest BCUT2D eigenvalue weighted by molar-refractivity contribution is -0.322. The van der Waals surface area contributed by atoms with Gasteiger partial charge in [0.15, 0.2) is 5.79 Å². The summed E-state index contributed by atoms with van der Waals surface area (Å²) in [4.78, 5) is 26.0. The van der Waals surface area contributed by atoms with Gasteiger partial charge in [-0.15, -0.1) is 0 Å². The summed E-state index contributed by atoms with van der Waals surface area (Å²) < 4.78 is 6.96. The lowest BCUT2D eigenvalue weighted by Gasteiger charge is -2.62. The van der Waals surface area contributed by atoms with Crippen molar-refractivity contribution >= 4 is 11.9 Å². The molecule has 1 spiro atoms. The Balaban J connectivity index is 1.35. The quantitative estimate of drug-likeness (QED) is 0.205. The Bertz CT molecular complexity index is 1430. The molecule has 7 fully saturated rings. The van der Waals surface area contributed by atoms with Gasteiger partial charge in [-0.05, 0) is 88.4 Å². The van der Waals surface area contributed by atoms with Crippen LogP contribution in [0.3, 0.4) is 0 Å². The largest absolute Gasteiger partial charge is 0.478 e. The highest BCUT2D eigenvalue weighted by atomic mass is 16.7. The van der Waals surface area contributed by atoms with Gasteiger partial charge in [0.25, 0.3) is 0 Å². The normalized spacial score (nSPS) is 54.6. The van der Waals surface area contributed by atoms with Gasteiger partial charge in [0.05, 0.1) is 23.4 Å².